The zero-order valence-electron chi connectivity index (χ0n) is 15.0. The standard InChI is InChI=1S/C18H12ClF3N4O3/c1-8-15(16-11(20)5-10(29-2)6-12(16)21)18(24-7-23-8)25-17-13(22)3-9(19)4-14(17)26(27)28/h3-7H,1-2H3,(H,23,24,25). The second kappa shape index (κ2) is 7.92. The summed E-state index contributed by atoms with van der Waals surface area (Å²) in [6, 6.07) is 3.72. The Morgan fingerprint density at radius 3 is 2.31 bits per heavy atom. The Kier molecular flexibility index (Phi) is 5.55. The molecule has 3 rings (SSSR count). The van der Waals surface area contributed by atoms with Gasteiger partial charge in [-0.15, -0.1) is 0 Å². The summed E-state index contributed by atoms with van der Waals surface area (Å²) in [6.45, 7) is 1.46. The van der Waals surface area contributed by atoms with E-state index in [0.717, 1.165) is 30.6 Å². The van der Waals surface area contributed by atoms with E-state index >= 15 is 0 Å². The van der Waals surface area contributed by atoms with E-state index < -0.39 is 39.3 Å². The molecule has 150 valence electrons. The van der Waals surface area contributed by atoms with Gasteiger partial charge < -0.3 is 10.1 Å². The topological polar surface area (TPSA) is 90.2 Å². The number of rotatable bonds is 5. The van der Waals surface area contributed by atoms with E-state index in [0.29, 0.717) is 0 Å². The van der Waals surface area contributed by atoms with Crippen LogP contribution < -0.4 is 10.1 Å². The van der Waals surface area contributed by atoms with Crippen LogP contribution in [-0.4, -0.2) is 22.0 Å². The van der Waals surface area contributed by atoms with Gasteiger partial charge in [0.15, 0.2) is 11.5 Å². The minimum atomic E-state index is -1.04. The number of nitro benzene ring substituents is 1. The molecule has 0 amide bonds. The molecule has 0 bridgehead atoms. The van der Waals surface area contributed by atoms with Crippen molar-refractivity contribution in [1.29, 1.82) is 0 Å². The monoisotopic (exact) mass is 424 g/mol. The van der Waals surface area contributed by atoms with Crippen LogP contribution in [0.15, 0.2) is 30.6 Å². The first-order chi connectivity index (χ1) is 13.7. The number of hydrogen-bond donors (Lipinski definition) is 1. The van der Waals surface area contributed by atoms with Gasteiger partial charge in [0.1, 0.15) is 29.5 Å². The molecule has 2 aromatic carbocycles. The van der Waals surface area contributed by atoms with Gasteiger partial charge in [0.05, 0.1) is 33.9 Å². The summed E-state index contributed by atoms with van der Waals surface area (Å²) < 4.78 is 48.5. The number of aromatic nitrogens is 2. The van der Waals surface area contributed by atoms with Crippen LogP contribution in [0.1, 0.15) is 5.69 Å². The third-order valence-corrected chi connectivity index (χ3v) is 4.23. The van der Waals surface area contributed by atoms with Crippen LogP contribution in [0, 0.1) is 34.5 Å². The van der Waals surface area contributed by atoms with Crippen LogP contribution in [-0.2, 0) is 0 Å². The molecule has 0 saturated heterocycles. The highest BCUT2D eigenvalue weighted by Crippen LogP contribution is 2.39. The van der Waals surface area contributed by atoms with Crippen molar-refractivity contribution in [1.82, 2.24) is 9.97 Å². The summed E-state index contributed by atoms with van der Waals surface area (Å²) in [4.78, 5) is 18.2. The highest BCUT2D eigenvalue weighted by Gasteiger charge is 2.25. The second-order valence-electron chi connectivity index (χ2n) is 5.81. The maximum Gasteiger partial charge on any atom is 0.297 e. The van der Waals surface area contributed by atoms with Gasteiger partial charge in [-0.25, -0.2) is 23.1 Å². The lowest BCUT2D eigenvalue weighted by molar-refractivity contribution is -0.384. The Labute approximate surface area is 167 Å². The minimum absolute atomic E-state index is 0.0489. The third-order valence-electron chi connectivity index (χ3n) is 4.01. The van der Waals surface area contributed by atoms with Gasteiger partial charge in [0.25, 0.3) is 5.69 Å². The fourth-order valence-corrected chi connectivity index (χ4v) is 2.92. The predicted octanol–water partition coefficient (Wildman–Crippen LogP) is 5.18. The van der Waals surface area contributed by atoms with Crippen molar-refractivity contribution in [2.75, 3.05) is 12.4 Å². The quantitative estimate of drug-likeness (QED) is 0.448. The van der Waals surface area contributed by atoms with E-state index in [1.54, 1.807) is 0 Å². The van der Waals surface area contributed by atoms with Gasteiger partial charge in [-0.3, -0.25) is 10.1 Å². The van der Waals surface area contributed by atoms with Crippen molar-refractivity contribution in [3.05, 3.63) is 68.9 Å². The van der Waals surface area contributed by atoms with Gasteiger partial charge in [-0.2, -0.15) is 0 Å². The Morgan fingerprint density at radius 2 is 1.72 bits per heavy atom. The van der Waals surface area contributed by atoms with Gasteiger partial charge in [-0.05, 0) is 13.0 Å². The average molecular weight is 425 g/mol. The number of aryl methyl sites for hydroxylation is 1. The zero-order chi connectivity index (χ0) is 21.3. The smallest absolute Gasteiger partial charge is 0.297 e. The van der Waals surface area contributed by atoms with Crippen molar-refractivity contribution in [2.24, 2.45) is 0 Å². The van der Waals surface area contributed by atoms with Crippen molar-refractivity contribution in [2.45, 2.75) is 6.92 Å². The van der Waals surface area contributed by atoms with Crippen molar-refractivity contribution in [3.8, 4) is 16.9 Å². The maximum absolute atomic E-state index is 14.6. The molecule has 0 aliphatic rings. The molecule has 1 heterocycles. The Balaban J connectivity index is 2.22. The number of halogens is 4. The van der Waals surface area contributed by atoms with Crippen molar-refractivity contribution in [3.63, 3.8) is 0 Å². The van der Waals surface area contributed by atoms with Crippen LogP contribution in [0.3, 0.4) is 0 Å². The van der Waals surface area contributed by atoms with E-state index in [9.17, 15) is 23.3 Å². The van der Waals surface area contributed by atoms with E-state index in [1.807, 2.05) is 0 Å². The number of nitrogens with zero attached hydrogens (tertiary/aromatic N) is 3. The molecule has 0 aliphatic heterocycles. The molecular weight excluding hydrogens is 413 g/mol. The average Bonchev–Trinajstić information content (AvgIpc) is 2.64. The minimum Gasteiger partial charge on any atom is -0.497 e. The number of benzene rings is 2. The normalized spacial score (nSPS) is 10.7. The van der Waals surface area contributed by atoms with Crippen LogP contribution in [0.25, 0.3) is 11.1 Å². The Hall–Kier alpha value is -3.40. The van der Waals surface area contributed by atoms with Crippen molar-refractivity contribution < 1.29 is 22.8 Å². The van der Waals surface area contributed by atoms with Crippen LogP contribution in [0.2, 0.25) is 5.02 Å². The lowest BCUT2D eigenvalue weighted by atomic mass is 10.0. The molecule has 3 aromatic rings. The molecular formula is C18H12ClF3N4O3. The molecule has 0 saturated carbocycles. The van der Waals surface area contributed by atoms with E-state index in [4.69, 9.17) is 16.3 Å². The molecule has 0 unspecified atom stereocenters. The number of nitro groups is 1. The highest BCUT2D eigenvalue weighted by atomic mass is 35.5. The van der Waals surface area contributed by atoms with Gasteiger partial charge in [0, 0.05) is 18.2 Å². The molecule has 29 heavy (non-hydrogen) atoms. The molecule has 1 aromatic heterocycles. The summed E-state index contributed by atoms with van der Waals surface area (Å²) in [5, 5.41) is 13.6. The number of hydrogen-bond acceptors (Lipinski definition) is 6. The van der Waals surface area contributed by atoms with Gasteiger partial charge >= 0.3 is 0 Å². The SMILES string of the molecule is COc1cc(F)c(-c2c(C)ncnc2Nc2c(F)cc(Cl)cc2[N+](=O)[O-])c(F)c1. The lowest BCUT2D eigenvalue weighted by Crippen LogP contribution is -2.06. The molecule has 0 radical (unpaired) electrons. The van der Waals surface area contributed by atoms with Gasteiger partial charge in [-0.1, -0.05) is 11.6 Å². The fourth-order valence-electron chi connectivity index (χ4n) is 2.72. The lowest BCUT2D eigenvalue weighted by Gasteiger charge is -2.15. The second-order valence-corrected chi connectivity index (χ2v) is 6.25. The largest absolute Gasteiger partial charge is 0.497 e. The molecule has 0 fully saturated rings. The predicted molar refractivity (Wildman–Crippen MR) is 100 cm³/mol. The maximum atomic E-state index is 14.6. The molecule has 7 nitrogen and oxygen atoms in total. The summed E-state index contributed by atoms with van der Waals surface area (Å²) in [5.41, 5.74) is -1.71. The Bertz CT molecular complexity index is 1100. The first-order valence-corrected chi connectivity index (χ1v) is 8.36. The van der Waals surface area contributed by atoms with Crippen LogP contribution in [0.4, 0.5) is 30.4 Å². The Morgan fingerprint density at radius 1 is 1.07 bits per heavy atom. The third kappa shape index (κ3) is 3.92. The first-order valence-electron chi connectivity index (χ1n) is 7.98. The fraction of sp³-hybridized carbons (Fsp3) is 0.111. The molecule has 0 spiro atoms. The zero-order valence-corrected chi connectivity index (χ0v) is 15.7. The van der Waals surface area contributed by atoms with Crippen LogP contribution in [0.5, 0.6) is 5.75 Å². The summed E-state index contributed by atoms with van der Waals surface area (Å²) in [6.07, 6.45) is 1.07. The molecule has 11 heteroatoms. The number of nitrogens with one attached hydrogen (secondary N) is 1. The first kappa shape index (κ1) is 20.3. The van der Waals surface area contributed by atoms with Crippen molar-refractivity contribution >= 4 is 28.8 Å². The number of ether oxygens (including phenoxy) is 1. The van der Waals surface area contributed by atoms with E-state index in [2.05, 4.69) is 15.3 Å². The molecule has 0 aliphatic carbocycles. The highest BCUT2D eigenvalue weighted by molar-refractivity contribution is 6.31. The number of anilines is 2. The van der Waals surface area contributed by atoms with E-state index in [1.165, 1.54) is 14.0 Å². The number of methoxy groups -OCH3 is 1. The summed E-state index contributed by atoms with van der Waals surface area (Å²) >= 11 is 5.68. The molecule has 0 atom stereocenters. The van der Waals surface area contributed by atoms with Crippen LogP contribution >= 0.6 is 11.6 Å². The van der Waals surface area contributed by atoms with E-state index in [-0.39, 0.29) is 27.8 Å². The van der Waals surface area contributed by atoms with Gasteiger partial charge in [0.2, 0.25) is 0 Å². The summed E-state index contributed by atoms with van der Waals surface area (Å²) in [5.74, 6) is -3.28. The summed E-state index contributed by atoms with van der Waals surface area (Å²) in [7, 11) is 1.25. The molecule has 1 N–H and O–H groups in total.